The van der Waals surface area contributed by atoms with Gasteiger partial charge in [0.25, 0.3) is 5.91 Å². The number of anilines is 1. The summed E-state index contributed by atoms with van der Waals surface area (Å²) < 4.78 is 0. The van der Waals surface area contributed by atoms with Gasteiger partial charge in [-0.2, -0.15) is 0 Å². The van der Waals surface area contributed by atoms with Gasteiger partial charge in [-0.15, -0.1) is 0 Å². The van der Waals surface area contributed by atoms with Crippen molar-refractivity contribution in [3.8, 4) is 0 Å². The Kier molecular flexibility index (Phi) is 3.89. The van der Waals surface area contributed by atoms with Gasteiger partial charge in [0.2, 0.25) is 0 Å². The maximum Gasteiger partial charge on any atom is 0.253 e. The van der Waals surface area contributed by atoms with Crippen LogP contribution in [-0.2, 0) is 0 Å². The Balaban J connectivity index is 2.03. The van der Waals surface area contributed by atoms with Crippen LogP contribution in [0.1, 0.15) is 42.5 Å². The van der Waals surface area contributed by atoms with Crippen molar-refractivity contribution in [2.24, 2.45) is 0 Å². The Morgan fingerprint density at radius 3 is 2.65 bits per heavy atom. The lowest BCUT2D eigenvalue weighted by molar-refractivity contribution is 0.0928. The minimum Gasteiger partial charge on any atom is -0.399 e. The zero-order chi connectivity index (χ0) is 12.3. The molecule has 1 aliphatic carbocycles. The standard InChI is InChI=1S/C13H17ClN2O/c14-12-8-9(15)6-7-11(12)13(17)16-10-4-2-1-3-5-10/h6-8,10H,1-5,15H2,(H,16,17). The zero-order valence-corrected chi connectivity index (χ0v) is 10.5. The highest BCUT2D eigenvalue weighted by Gasteiger charge is 2.18. The first kappa shape index (κ1) is 12.2. The molecule has 1 aliphatic rings. The average Bonchev–Trinajstić information content (AvgIpc) is 2.30. The molecule has 1 fully saturated rings. The molecule has 3 N–H and O–H groups in total. The Bertz CT molecular complexity index is 414. The molecular formula is C13H17ClN2O. The van der Waals surface area contributed by atoms with Gasteiger partial charge in [0.15, 0.2) is 0 Å². The molecule has 1 saturated carbocycles. The van der Waals surface area contributed by atoms with E-state index in [2.05, 4.69) is 5.32 Å². The number of nitrogens with one attached hydrogen (secondary N) is 1. The molecule has 0 aromatic heterocycles. The lowest BCUT2D eigenvalue weighted by Crippen LogP contribution is -2.36. The number of carbonyl (C=O) groups is 1. The van der Waals surface area contributed by atoms with Crippen molar-refractivity contribution in [1.82, 2.24) is 5.32 Å². The number of halogens is 1. The number of nitrogens with two attached hydrogens (primary N) is 1. The van der Waals surface area contributed by atoms with E-state index in [1.807, 2.05) is 0 Å². The molecule has 0 atom stereocenters. The molecule has 0 saturated heterocycles. The molecule has 92 valence electrons. The smallest absolute Gasteiger partial charge is 0.253 e. The van der Waals surface area contributed by atoms with Crippen molar-refractivity contribution in [2.75, 3.05) is 5.73 Å². The van der Waals surface area contributed by atoms with E-state index in [1.54, 1.807) is 18.2 Å². The van der Waals surface area contributed by atoms with Crippen LogP contribution in [0.3, 0.4) is 0 Å². The Morgan fingerprint density at radius 1 is 1.29 bits per heavy atom. The van der Waals surface area contributed by atoms with E-state index in [-0.39, 0.29) is 5.91 Å². The van der Waals surface area contributed by atoms with Gasteiger partial charge in [-0.05, 0) is 31.0 Å². The first-order valence-corrected chi connectivity index (χ1v) is 6.40. The van der Waals surface area contributed by atoms with E-state index in [0.29, 0.717) is 22.3 Å². The molecule has 0 aliphatic heterocycles. The Morgan fingerprint density at radius 2 is 2.00 bits per heavy atom. The Hall–Kier alpha value is -1.22. The van der Waals surface area contributed by atoms with Crippen molar-refractivity contribution in [3.63, 3.8) is 0 Å². The fourth-order valence-electron chi connectivity index (χ4n) is 2.23. The summed E-state index contributed by atoms with van der Waals surface area (Å²) in [5.41, 5.74) is 6.68. The van der Waals surface area contributed by atoms with Crippen LogP contribution in [0.15, 0.2) is 18.2 Å². The van der Waals surface area contributed by atoms with Crippen LogP contribution in [0, 0.1) is 0 Å². The van der Waals surface area contributed by atoms with Crippen molar-refractivity contribution >= 4 is 23.2 Å². The highest BCUT2D eigenvalue weighted by atomic mass is 35.5. The number of rotatable bonds is 2. The molecule has 1 aromatic rings. The molecule has 0 bridgehead atoms. The summed E-state index contributed by atoms with van der Waals surface area (Å²) in [6.07, 6.45) is 5.80. The predicted molar refractivity (Wildman–Crippen MR) is 70.2 cm³/mol. The van der Waals surface area contributed by atoms with E-state index in [4.69, 9.17) is 17.3 Å². The number of nitrogen functional groups attached to an aromatic ring is 1. The van der Waals surface area contributed by atoms with Gasteiger partial charge in [-0.25, -0.2) is 0 Å². The molecule has 0 radical (unpaired) electrons. The molecule has 0 heterocycles. The monoisotopic (exact) mass is 252 g/mol. The van der Waals surface area contributed by atoms with Crippen LogP contribution in [0.4, 0.5) is 5.69 Å². The molecule has 3 nitrogen and oxygen atoms in total. The van der Waals surface area contributed by atoms with E-state index < -0.39 is 0 Å². The summed E-state index contributed by atoms with van der Waals surface area (Å²) in [6.45, 7) is 0. The Labute approximate surface area is 106 Å². The fraction of sp³-hybridized carbons (Fsp3) is 0.462. The third-order valence-electron chi connectivity index (χ3n) is 3.18. The number of benzene rings is 1. The summed E-state index contributed by atoms with van der Waals surface area (Å²) >= 11 is 6.00. The number of hydrogen-bond acceptors (Lipinski definition) is 2. The van der Waals surface area contributed by atoms with Gasteiger partial charge in [0.05, 0.1) is 10.6 Å². The minimum absolute atomic E-state index is 0.0955. The highest BCUT2D eigenvalue weighted by molar-refractivity contribution is 6.34. The van der Waals surface area contributed by atoms with Gasteiger partial charge in [0.1, 0.15) is 0 Å². The summed E-state index contributed by atoms with van der Waals surface area (Å²) in [5.74, 6) is -0.0955. The van der Waals surface area contributed by atoms with Crippen molar-refractivity contribution < 1.29 is 4.79 Å². The maximum atomic E-state index is 12.0. The normalized spacial score (nSPS) is 16.8. The largest absolute Gasteiger partial charge is 0.399 e. The van der Waals surface area contributed by atoms with Crippen LogP contribution < -0.4 is 11.1 Å². The van der Waals surface area contributed by atoms with Crippen LogP contribution >= 0.6 is 11.6 Å². The zero-order valence-electron chi connectivity index (χ0n) is 9.71. The second kappa shape index (κ2) is 5.41. The van der Waals surface area contributed by atoms with Crippen LogP contribution in [0.2, 0.25) is 5.02 Å². The fourth-order valence-corrected chi connectivity index (χ4v) is 2.50. The quantitative estimate of drug-likeness (QED) is 0.795. The topological polar surface area (TPSA) is 55.1 Å². The average molecular weight is 253 g/mol. The molecule has 2 rings (SSSR count). The lowest BCUT2D eigenvalue weighted by atomic mass is 9.95. The second-order valence-electron chi connectivity index (χ2n) is 4.55. The van der Waals surface area contributed by atoms with E-state index in [1.165, 1.54) is 19.3 Å². The number of hydrogen-bond donors (Lipinski definition) is 2. The highest BCUT2D eigenvalue weighted by Crippen LogP contribution is 2.21. The van der Waals surface area contributed by atoms with Gasteiger partial charge < -0.3 is 11.1 Å². The molecule has 1 amide bonds. The maximum absolute atomic E-state index is 12.0. The first-order chi connectivity index (χ1) is 8.16. The van der Waals surface area contributed by atoms with Crippen LogP contribution in [-0.4, -0.2) is 11.9 Å². The van der Waals surface area contributed by atoms with Crippen molar-refractivity contribution in [3.05, 3.63) is 28.8 Å². The summed E-state index contributed by atoms with van der Waals surface area (Å²) in [5, 5.41) is 3.45. The predicted octanol–water partition coefficient (Wildman–Crippen LogP) is 2.98. The summed E-state index contributed by atoms with van der Waals surface area (Å²) in [7, 11) is 0. The molecule has 0 unspecified atom stereocenters. The van der Waals surface area contributed by atoms with Crippen LogP contribution in [0.25, 0.3) is 0 Å². The second-order valence-corrected chi connectivity index (χ2v) is 4.95. The van der Waals surface area contributed by atoms with Gasteiger partial charge in [-0.3, -0.25) is 4.79 Å². The van der Waals surface area contributed by atoms with E-state index >= 15 is 0 Å². The third-order valence-corrected chi connectivity index (χ3v) is 3.49. The van der Waals surface area contributed by atoms with Crippen LogP contribution in [0.5, 0.6) is 0 Å². The van der Waals surface area contributed by atoms with Gasteiger partial charge in [0, 0.05) is 11.7 Å². The summed E-state index contributed by atoms with van der Waals surface area (Å²) in [4.78, 5) is 12.0. The van der Waals surface area contributed by atoms with Gasteiger partial charge in [-0.1, -0.05) is 30.9 Å². The summed E-state index contributed by atoms with van der Waals surface area (Å²) in [6, 6.07) is 5.28. The van der Waals surface area contributed by atoms with E-state index in [9.17, 15) is 4.79 Å². The van der Waals surface area contributed by atoms with Crippen molar-refractivity contribution in [1.29, 1.82) is 0 Å². The number of amides is 1. The van der Waals surface area contributed by atoms with Gasteiger partial charge >= 0.3 is 0 Å². The number of carbonyl (C=O) groups excluding carboxylic acids is 1. The van der Waals surface area contributed by atoms with Crippen molar-refractivity contribution in [2.45, 2.75) is 38.1 Å². The lowest BCUT2D eigenvalue weighted by Gasteiger charge is -2.23. The molecule has 1 aromatic carbocycles. The molecule has 4 heteroatoms. The molecular weight excluding hydrogens is 236 g/mol. The first-order valence-electron chi connectivity index (χ1n) is 6.02. The molecule has 0 spiro atoms. The third kappa shape index (κ3) is 3.13. The SMILES string of the molecule is Nc1ccc(C(=O)NC2CCCCC2)c(Cl)c1. The minimum atomic E-state index is -0.0955. The molecule has 17 heavy (non-hydrogen) atoms. The van der Waals surface area contributed by atoms with E-state index in [0.717, 1.165) is 12.8 Å².